The molecule has 1 saturated carbocycles. The summed E-state index contributed by atoms with van der Waals surface area (Å²) in [4.78, 5) is 4.14. The second-order valence-corrected chi connectivity index (χ2v) is 8.60. The minimum Gasteiger partial charge on any atom is -0.380 e. The van der Waals surface area contributed by atoms with E-state index in [2.05, 4.69) is 4.98 Å². The largest absolute Gasteiger partial charge is 0.417 e. The standard InChI is InChI=1S/C24H21F6NO/c25-23(26,27)14-17-5-1-3-7-19(17)21(10-11-21)15-22(32,24(28,29)30)13-16-9-12-31-20-8-4-2-6-18(16)20/h1-9,12,32H,10-11,13-15H2. The number of pyridine rings is 1. The molecule has 0 amide bonds. The summed E-state index contributed by atoms with van der Waals surface area (Å²) < 4.78 is 81.7. The maximum Gasteiger partial charge on any atom is 0.417 e. The van der Waals surface area contributed by atoms with Gasteiger partial charge in [-0.05, 0) is 53.5 Å². The fourth-order valence-corrected chi connectivity index (χ4v) is 4.55. The summed E-state index contributed by atoms with van der Waals surface area (Å²) in [6, 6.07) is 13.9. The Labute approximate surface area is 180 Å². The van der Waals surface area contributed by atoms with E-state index in [9.17, 15) is 31.4 Å². The summed E-state index contributed by atoms with van der Waals surface area (Å²) in [5, 5.41) is 11.5. The van der Waals surface area contributed by atoms with Crippen LogP contribution in [0.15, 0.2) is 60.8 Å². The van der Waals surface area contributed by atoms with Crippen LogP contribution in [0.1, 0.15) is 36.0 Å². The molecule has 0 spiro atoms. The zero-order chi connectivity index (χ0) is 23.2. The van der Waals surface area contributed by atoms with Gasteiger partial charge >= 0.3 is 12.4 Å². The molecule has 1 atom stereocenters. The molecule has 1 N–H and O–H groups in total. The summed E-state index contributed by atoms with van der Waals surface area (Å²) >= 11 is 0. The molecule has 0 bridgehead atoms. The molecule has 1 aromatic heterocycles. The SMILES string of the molecule is OC(Cc1ccnc2ccccc12)(CC1(c2ccccc2CC(F)(F)F)CC1)C(F)(F)F. The van der Waals surface area contributed by atoms with Gasteiger partial charge in [-0.1, -0.05) is 42.5 Å². The fourth-order valence-electron chi connectivity index (χ4n) is 4.55. The van der Waals surface area contributed by atoms with Crippen LogP contribution in [0.5, 0.6) is 0 Å². The van der Waals surface area contributed by atoms with Crippen molar-refractivity contribution in [3.8, 4) is 0 Å². The predicted molar refractivity (Wildman–Crippen MR) is 108 cm³/mol. The number of aliphatic hydroxyl groups is 1. The zero-order valence-corrected chi connectivity index (χ0v) is 17.0. The average Bonchev–Trinajstić information content (AvgIpc) is 3.47. The number of para-hydroxylation sites is 1. The molecule has 1 heterocycles. The van der Waals surface area contributed by atoms with Crippen molar-refractivity contribution in [2.75, 3.05) is 0 Å². The molecule has 8 heteroatoms. The molecule has 170 valence electrons. The van der Waals surface area contributed by atoms with Crippen LogP contribution >= 0.6 is 0 Å². The van der Waals surface area contributed by atoms with Crippen molar-refractivity contribution >= 4 is 10.9 Å². The lowest BCUT2D eigenvalue weighted by atomic mass is 9.77. The summed E-state index contributed by atoms with van der Waals surface area (Å²) in [5.41, 5.74) is -3.26. The average molecular weight is 453 g/mol. The Hall–Kier alpha value is -2.61. The van der Waals surface area contributed by atoms with Gasteiger partial charge in [-0.15, -0.1) is 0 Å². The minimum atomic E-state index is -4.97. The molecule has 1 aliphatic carbocycles. The van der Waals surface area contributed by atoms with Crippen molar-refractivity contribution < 1.29 is 31.4 Å². The second-order valence-electron chi connectivity index (χ2n) is 8.60. The molecule has 4 rings (SSSR count). The number of halogens is 6. The van der Waals surface area contributed by atoms with Gasteiger partial charge < -0.3 is 5.11 Å². The summed E-state index contributed by atoms with van der Waals surface area (Å²) in [6.45, 7) is 0. The third kappa shape index (κ3) is 4.46. The van der Waals surface area contributed by atoms with Gasteiger partial charge in [0.1, 0.15) is 0 Å². The van der Waals surface area contributed by atoms with E-state index >= 15 is 0 Å². The molecule has 2 nitrogen and oxygen atoms in total. The van der Waals surface area contributed by atoms with Crippen LogP contribution in [0.3, 0.4) is 0 Å². The van der Waals surface area contributed by atoms with E-state index in [0.29, 0.717) is 10.9 Å². The first-order chi connectivity index (χ1) is 14.9. The lowest BCUT2D eigenvalue weighted by Crippen LogP contribution is -2.49. The normalized spacial score (nSPS) is 17.8. The number of aromatic nitrogens is 1. The van der Waals surface area contributed by atoms with Gasteiger partial charge in [0.2, 0.25) is 0 Å². The van der Waals surface area contributed by atoms with Crippen molar-refractivity contribution in [2.45, 2.75) is 55.5 Å². The molecule has 0 saturated heterocycles. The quantitative estimate of drug-likeness (QED) is 0.445. The van der Waals surface area contributed by atoms with Crippen LogP contribution < -0.4 is 0 Å². The Morgan fingerprint density at radius 2 is 1.47 bits per heavy atom. The molecule has 32 heavy (non-hydrogen) atoms. The Balaban J connectivity index is 1.71. The maximum absolute atomic E-state index is 14.2. The fraction of sp³-hybridized carbons (Fsp3) is 0.375. The van der Waals surface area contributed by atoms with Crippen molar-refractivity contribution in [2.24, 2.45) is 0 Å². The van der Waals surface area contributed by atoms with Crippen molar-refractivity contribution in [1.29, 1.82) is 0 Å². The van der Waals surface area contributed by atoms with Crippen molar-refractivity contribution in [3.05, 3.63) is 77.5 Å². The Morgan fingerprint density at radius 1 is 0.812 bits per heavy atom. The number of hydrogen-bond donors (Lipinski definition) is 1. The summed E-state index contributed by atoms with van der Waals surface area (Å²) in [5.74, 6) is 0. The molecule has 0 radical (unpaired) electrons. The van der Waals surface area contributed by atoms with Crippen LogP contribution in [0.2, 0.25) is 0 Å². The molecule has 1 unspecified atom stereocenters. The van der Waals surface area contributed by atoms with Crippen LogP contribution in [0.25, 0.3) is 10.9 Å². The Morgan fingerprint density at radius 3 is 2.12 bits per heavy atom. The van der Waals surface area contributed by atoms with Gasteiger partial charge in [0, 0.05) is 18.0 Å². The second kappa shape index (κ2) is 7.76. The lowest BCUT2D eigenvalue weighted by molar-refractivity contribution is -0.264. The molecular weight excluding hydrogens is 432 g/mol. The third-order valence-corrected chi connectivity index (χ3v) is 6.21. The van der Waals surface area contributed by atoms with Crippen LogP contribution in [-0.4, -0.2) is 28.0 Å². The number of nitrogens with zero attached hydrogens (tertiary/aromatic N) is 1. The van der Waals surface area contributed by atoms with Crippen molar-refractivity contribution in [1.82, 2.24) is 4.98 Å². The summed E-state index contributed by atoms with van der Waals surface area (Å²) in [6.07, 6.45) is -10.1. The van der Waals surface area contributed by atoms with Crippen LogP contribution in [-0.2, 0) is 18.3 Å². The number of rotatable bonds is 6. The molecular formula is C24H21F6NO. The molecule has 3 aromatic rings. The minimum absolute atomic E-state index is 0.0450. The van der Waals surface area contributed by atoms with Gasteiger partial charge in [0.25, 0.3) is 0 Å². The third-order valence-electron chi connectivity index (χ3n) is 6.21. The van der Waals surface area contributed by atoms with Gasteiger partial charge in [-0.2, -0.15) is 26.3 Å². The highest BCUT2D eigenvalue weighted by molar-refractivity contribution is 5.81. The molecule has 2 aromatic carbocycles. The number of hydrogen-bond acceptors (Lipinski definition) is 2. The zero-order valence-electron chi connectivity index (χ0n) is 17.0. The van der Waals surface area contributed by atoms with Gasteiger partial charge in [-0.3, -0.25) is 4.98 Å². The Kier molecular flexibility index (Phi) is 5.48. The first-order valence-corrected chi connectivity index (χ1v) is 10.2. The first-order valence-electron chi connectivity index (χ1n) is 10.2. The van der Waals surface area contributed by atoms with Crippen LogP contribution in [0, 0.1) is 0 Å². The van der Waals surface area contributed by atoms with E-state index < -0.39 is 42.6 Å². The van der Waals surface area contributed by atoms with Gasteiger partial charge in [0.15, 0.2) is 5.60 Å². The molecule has 1 fully saturated rings. The highest BCUT2D eigenvalue weighted by Gasteiger charge is 2.61. The molecule has 1 aliphatic rings. The number of fused-ring (bicyclic) bond motifs is 1. The number of alkyl halides is 6. The van der Waals surface area contributed by atoms with Gasteiger partial charge in [0.05, 0.1) is 11.9 Å². The highest BCUT2D eigenvalue weighted by Crippen LogP contribution is 2.57. The smallest absolute Gasteiger partial charge is 0.380 e. The van der Waals surface area contributed by atoms with E-state index in [1.54, 1.807) is 24.3 Å². The maximum atomic E-state index is 14.2. The molecule has 0 aliphatic heterocycles. The van der Waals surface area contributed by atoms with E-state index in [-0.39, 0.29) is 29.5 Å². The first kappa shape index (κ1) is 22.6. The highest BCUT2D eigenvalue weighted by atomic mass is 19.4. The Bertz CT molecular complexity index is 1110. The number of benzene rings is 2. The van der Waals surface area contributed by atoms with Gasteiger partial charge in [-0.25, -0.2) is 0 Å². The predicted octanol–water partition coefficient (Wildman–Crippen LogP) is 6.30. The van der Waals surface area contributed by atoms with E-state index in [1.165, 1.54) is 36.5 Å². The van der Waals surface area contributed by atoms with E-state index in [4.69, 9.17) is 0 Å². The topological polar surface area (TPSA) is 33.1 Å². The monoisotopic (exact) mass is 453 g/mol. The van der Waals surface area contributed by atoms with E-state index in [1.807, 2.05) is 0 Å². The van der Waals surface area contributed by atoms with Crippen LogP contribution in [0.4, 0.5) is 26.3 Å². The lowest BCUT2D eigenvalue weighted by Gasteiger charge is -2.35. The van der Waals surface area contributed by atoms with Crippen molar-refractivity contribution in [3.63, 3.8) is 0 Å². The summed E-state index contributed by atoms with van der Waals surface area (Å²) in [7, 11) is 0. The van der Waals surface area contributed by atoms with E-state index in [0.717, 1.165) is 0 Å².